The molecular weight excluding hydrogens is 432 g/mol. The number of aliphatic hydroxyl groups excluding tert-OH is 1. The van der Waals surface area contributed by atoms with Gasteiger partial charge in [0.05, 0.1) is 29.2 Å². The van der Waals surface area contributed by atoms with Crippen molar-refractivity contribution in [1.29, 1.82) is 0 Å². The lowest BCUT2D eigenvalue weighted by molar-refractivity contribution is -0.155. The summed E-state index contributed by atoms with van der Waals surface area (Å²) in [7, 11) is 0. The van der Waals surface area contributed by atoms with E-state index in [2.05, 4.69) is 5.32 Å². The number of aliphatic hydroxyl groups is 1. The quantitative estimate of drug-likeness (QED) is 0.457. The van der Waals surface area contributed by atoms with Crippen LogP contribution in [0.25, 0.3) is 0 Å². The molecule has 0 aromatic heterocycles. The molecule has 5 atom stereocenters. The lowest BCUT2D eigenvalue weighted by atomic mass is 9.69. The second kappa shape index (κ2) is 10.5. The summed E-state index contributed by atoms with van der Waals surface area (Å²) in [5.74, 6) is -2.93. The molecule has 1 aliphatic heterocycles. The Labute approximate surface area is 193 Å². The highest BCUT2D eigenvalue weighted by Gasteiger charge is 2.57. The number of carbonyl (C=O) groups is 3. The molecule has 1 aromatic rings. The van der Waals surface area contributed by atoms with Crippen LogP contribution in [0.15, 0.2) is 30.4 Å². The first-order valence-corrected chi connectivity index (χ1v) is 11.6. The molecule has 0 saturated carbocycles. The molecule has 2 N–H and O–H groups in total. The minimum atomic E-state index is -0.805. The number of hydrogen-bond donors (Lipinski definition) is 2. The van der Waals surface area contributed by atoms with E-state index >= 15 is 0 Å². The summed E-state index contributed by atoms with van der Waals surface area (Å²) < 4.78 is 5.31. The van der Waals surface area contributed by atoms with Gasteiger partial charge in [-0.25, -0.2) is 0 Å². The minimum Gasteiger partial charge on any atom is -0.466 e. The van der Waals surface area contributed by atoms with Crippen molar-refractivity contribution >= 4 is 35.1 Å². The van der Waals surface area contributed by atoms with Gasteiger partial charge in [0.25, 0.3) is 0 Å². The Bertz CT molecular complexity index is 882. The number of nitrogens with zero attached hydrogens (tertiary/aromatic N) is 1. The second-order valence-corrected chi connectivity index (χ2v) is 8.72. The molecule has 1 heterocycles. The number of benzene rings is 1. The molecule has 0 unspecified atom stereocenters. The Balaban J connectivity index is 1.99. The zero-order valence-corrected chi connectivity index (χ0v) is 19.5. The molecule has 8 heteroatoms. The highest BCUT2D eigenvalue weighted by atomic mass is 35.5. The van der Waals surface area contributed by atoms with Crippen molar-refractivity contribution in [1.82, 2.24) is 4.90 Å². The van der Waals surface area contributed by atoms with Crippen molar-refractivity contribution in [3.63, 3.8) is 0 Å². The third-order valence-corrected chi connectivity index (χ3v) is 6.75. The first-order chi connectivity index (χ1) is 15.3. The molecule has 1 aliphatic carbocycles. The number of rotatable bonds is 8. The Morgan fingerprint density at radius 3 is 2.62 bits per heavy atom. The SMILES string of the molecule is CCOC(=O)[C@H]1[C@@H]2C(=O)N(CCCO)[C@H](C(=O)Nc3c(C)cccc3Cl)[C@H]2C=C[C@H]1CC. The van der Waals surface area contributed by atoms with Gasteiger partial charge in [0, 0.05) is 19.1 Å². The summed E-state index contributed by atoms with van der Waals surface area (Å²) in [6.07, 6.45) is 4.86. The maximum absolute atomic E-state index is 13.5. The van der Waals surface area contributed by atoms with E-state index in [9.17, 15) is 19.5 Å². The Hall–Kier alpha value is -2.38. The van der Waals surface area contributed by atoms with Crippen LogP contribution in [0.4, 0.5) is 5.69 Å². The van der Waals surface area contributed by atoms with E-state index in [0.717, 1.165) is 5.56 Å². The third kappa shape index (κ3) is 4.55. The lowest BCUT2D eigenvalue weighted by Crippen LogP contribution is -2.45. The van der Waals surface area contributed by atoms with Crippen LogP contribution in [0.3, 0.4) is 0 Å². The van der Waals surface area contributed by atoms with Gasteiger partial charge in [0.1, 0.15) is 6.04 Å². The standard InChI is InChI=1S/C24H31ClN2O5/c1-4-15-10-11-16-19(18(15)24(31)32-5-2)23(30)27(12-7-13-28)21(16)22(29)26-20-14(3)8-6-9-17(20)25/h6,8-11,15-16,18-19,21,28H,4-5,7,12-13H2,1-3H3,(H,26,29)/t15-,16+,18-,19-,21+/m1/s1. The number of allylic oxidation sites excluding steroid dienone is 1. The Kier molecular flexibility index (Phi) is 7.96. The summed E-state index contributed by atoms with van der Waals surface area (Å²) in [5, 5.41) is 12.7. The summed E-state index contributed by atoms with van der Waals surface area (Å²) in [4.78, 5) is 41.3. The Morgan fingerprint density at radius 1 is 1.25 bits per heavy atom. The molecule has 0 bridgehead atoms. The smallest absolute Gasteiger partial charge is 0.310 e. The van der Waals surface area contributed by atoms with Crippen LogP contribution in [0.2, 0.25) is 5.02 Å². The van der Waals surface area contributed by atoms with Gasteiger partial charge in [0.2, 0.25) is 11.8 Å². The average Bonchev–Trinajstić information content (AvgIpc) is 3.05. The van der Waals surface area contributed by atoms with E-state index in [1.807, 2.05) is 32.1 Å². The minimum absolute atomic E-state index is 0.105. The third-order valence-electron chi connectivity index (χ3n) is 6.44. The zero-order valence-electron chi connectivity index (χ0n) is 18.7. The summed E-state index contributed by atoms with van der Waals surface area (Å²) >= 11 is 6.30. The van der Waals surface area contributed by atoms with Crippen LogP contribution >= 0.6 is 11.6 Å². The maximum atomic E-state index is 13.5. The number of amides is 2. The molecule has 7 nitrogen and oxygen atoms in total. The average molecular weight is 463 g/mol. The number of hydrogen-bond acceptors (Lipinski definition) is 5. The number of carbonyl (C=O) groups excluding carboxylic acids is 3. The molecule has 32 heavy (non-hydrogen) atoms. The number of esters is 1. The fraction of sp³-hybridized carbons (Fsp3) is 0.542. The number of nitrogens with one attached hydrogen (secondary N) is 1. The number of fused-ring (bicyclic) bond motifs is 1. The van der Waals surface area contributed by atoms with Crippen LogP contribution in [0, 0.1) is 30.6 Å². The predicted octanol–water partition coefficient (Wildman–Crippen LogP) is 3.19. The van der Waals surface area contributed by atoms with E-state index in [4.69, 9.17) is 16.3 Å². The first-order valence-electron chi connectivity index (χ1n) is 11.2. The van der Waals surface area contributed by atoms with E-state index in [1.165, 1.54) is 4.90 Å². The van der Waals surface area contributed by atoms with Gasteiger partial charge in [0.15, 0.2) is 0 Å². The zero-order chi connectivity index (χ0) is 23.4. The highest BCUT2D eigenvalue weighted by molar-refractivity contribution is 6.34. The van der Waals surface area contributed by atoms with Gasteiger partial charge in [-0.1, -0.05) is 42.8 Å². The summed E-state index contributed by atoms with van der Waals surface area (Å²) in [6.45, 7) is 5.89. The molecule has 1 fully saturated rings. The van der Waals surface area contributed by atoms with Gasteiger partial charge in [-0.05, 0) is 44.2 Å². The number of ether oxygens (including phenoxy) is 1. The van der Waals surface area contributed by atoms with Crippen molar-refractivity contribution in [3.8, 4) is 0 Å². The normalized spacial score (nSPS) is 26.7. The van der Waals surface area contributed by atoms with Crippen molar-refractivity contribution in [2.24, 2.45) is 23.7 Å². The first kappa shape index (κ1) is 24.3. The molecule has 3 rings (SSSR count). The van der Waals surface area contributed by atoms with E-state index in [-0.39, 0.29) is 37.5 Å². The van der Waals surface area contributed by atoms with Gasteiger partial charge in [-0.3, -0.25) is 14.4 Å². The fourth-order valence-electron chi connectivity index (χ4n) is 4.92. The van der Waals surface area contributed by atoms with Crippen molar-refractivity contribution in [2.75, 3.05) is 25.1 Å². The van der Waals surface area contributed by atoms with Crippen LogP contribution in [-0.4, -0.2) is 53.6 Å². The van der Waals surface area contributed by atoms with Gasteiger partial charge < -0.3 is 20.1 Å². The number of anilines is 1. The monoisotopic (exact) mass is 462 g/mol. The van der Waals surface area contributed by atoms with E-state index < -0.39 is 29.8 Å². The Morgan fingerprint density at radius 2 is 2.00 bits per heavy atom. The van der Waals surface area contributed by atoms with Crippen molar-refractivity contribution in [2.45, 2.75) is 39.7 Å². The second-order valence-electron chi connectivity index (χ2n) is 8.31. The molecule has 0 radical (unpaired) electrons. The highest BCUT2D eigenvalue weighted by Crippen LogP contribution is 2.45. The molecule has 0 spiro atoms. The number of aryl methyl sites for hydroxylation is 1. The predicted molar refractivity (Wildman–Crippen MR) is 122 cm³/mol. The topological polar surface area (TPSA) is 95.9 Å². The van der Waals surface area contributed by atoms with Gasteiger partial charge in [-0.15, -0.1) is 0 Å². The fourth-order valence-corrected chi connectivity index (χ4v) is 5.19. The summed E-state index contributed by atoms with van der Waals surface area (Å²) in [6, 6.07) is 4.53. The molecule has 1 aromatic carbocycles. The molecular formula is C24H31ClN2O5. The van der Waals surface area contributed by atoms with Crippen LogP contribution in [0.5, 0.6) is 0 Å². The molecule has 1 saturated heterocycles. The molecule has 174 valence electrons. The maximum Gasteiger partial charge on any atom is 0.310 e. The lowest BCUT2D eigenvalue weighted by Gasteiger charge is -2.33. The van der Waals surface area contributed by atoms with Gasteiger partial charge >= 0.3 is 5.97 Å². The number of halogens is 1. The van der Waals surface area contributed by atoms with Crippen LogP contribution < -0.4 is 5.32 Å². The number of likely N-dealkylation sites (tertiary alicyclic amines) is 1. The van der Waals surface area contributed by atoms with Crippen molar-refractivity contribution < 1.29 is 24.2 Å². The molecule has 2 aliphatic rings. The largest absolute Gasteiger partial charge is 0.466 e. The number of para-hydroxylation sites is 1. The van der Waals surface area contributed by atoms with E-state index in [0.29, 0.717) is 23.6 Å². The van der Waals surface area contributed by atoms with Crippen molar-refractivity contribution in [3.05, 3.63) is 40.9 Å². The van der Waals surface area contributed by atoms with E-state index in [1.54, 1.807) is 19.1 Å². The summed E-state index contributed by atoms with van der Waals surface area (Å²) in [5.41, 5.74) is 1.31. The molecule has 2 amide bonds. The van der Waals surface area contributed by atoms with Gasteiger partial charge in [-0.2, -0.15) is 0 Å². The van der Waals surface area contributed by atoms with Crippen LogP contribution in [-0.2, 0) is 19.1 Å². The van der Waals surface area contributed by atoms with Crippen LogP contribution in [0.1, 0.15) is 32.3 Å².